The lowest BCUT2D eigenvalue weighted by Crippen LogP contribution is -2.58. The molecular weight excluding hydrogens is 272 g/mol. The van der Waals surface area contributed by atoms with Crippen molar-refractivity contribution < 1.29 is 19.4 Å². The molecule has 1 unspecified atom stereocenters. The highest BCUT2D eigenvalue weighted by Crippen LogP contribution is 2.19. The van der Waals surface area contributed by atoms with Gasteiger partial charge in [0.1, 0.15) is 0 Å². The molecule has 2 heterocycles. The second-order valence-corrected chi connectivity index (χ2v) is 5.37. The maximum atomic E-state index is 12.6. The summed E-state index contributed by atoms with van der Waals surface area (Å²) < 4.78 is 5.17. The van der Waals surface area contributed by atoms with Gasteiger partial charge in [-0.15, -0.1) is 0 Å². The Labute approximate surface area is 122 Å². The van der Waals surface area contributed by atoms with Crippen LogP contribution in [-0.4, -0.2) is 53.7 Å². The predicted octanol–water partition coefficient (Wildman–Crippen LogP) is 0.0129. The Morgan fingerprint density at radius 2 is 2.05 bits per heavy atom. The van der Waals surface area contributed by atoms with E-state index in [4.69, 9.17) is 4.74 Å². The van der Waals surface area contributed by atoms with E-state index in [1.165, 1.54) is 10.5 Å². The number of amides is 1. The van der Waals surface area contributed by atoms with Crippen molar-refractivity contribution in [2.24, 2.45) is 0 Å². The van der Waals surface area contributed by atoms with Crippen LogP contribution in [0.15, 0.2) is 24.3 Å². The number of hydrogen-bond donors (Lipinski definition) is 2. The molecule has 0 saturated carbocycles. The van der Waals surface area contributed by atoms with Crippen LogP contribution in [0.2, 0.25) is 0 Å². The first-order chi connectivity index (χ1) is 10.2. The van der Waals surface area contributed by atoms with E-state index >= 15 is 0 Å². The summed E-state index contributed by atoms with van der Waals surface area (Å²) in [6.07, 6.45) is 0.596. The maximum Gasteiger partial charge on any atom is 0.328 e. The monoisotopic (exact) mass is 290 g/mol. The summed E-state index contributed by atoms with van der Waals surface area (Å²) in [5, 5.41) is 12.4. The molecule has 3 rings (SSSR count). The zero-order chi connectivity index (χ0) is 14.8. The molecule has 1 saturated heterocycles. The fourth-order valence-electron chi connectivity index (χ4n) is 2.90. The van der Waals surface area contributed by atoms with Crippen molar-refractivity contribution >= 4 is 11.9 Å². The Morgan fingerprint density at radius 3 is 2.81 bits per heavy atom. The smallest absolute Gasteiger partial charge is 0.328 e. The van der Waals surface area contributed by atoms with Crippen molar-refractivity contribution in [1.29, 1.82) is 0 Å². The summed E-state index contributed by atoms with van der Waals surface area (Å²) in [7, 11) is 0. The average molecular weight is 290 g/mol. The summed E-state index contributed by atoms with van der Waals surface area (Å²) >= 11 is 0. The number of benzene rings is 1. The molecule has 1 amide bonds. The van der Waals surface area contributed by atoms with E-state index in [2.05, 4.69) is 5.32 Å². The van der Waals surface area contributed by atoms with Crippen LogP contribution < -0.4 is 5.32 Å². The molecule has 0 radical (unpaired) electrons. The highest BCUT2D eigenvalue weighted by Gasteiger charge is 2.36. The number of ether oxygens (including phenoxy) is 1. The number of carbonyl (C=O) groups excluding carboxylic acids is 1. The van der Waals surface area contributed by atoms with E-state index in [0.29, 0.717) is 26.1 Å². The Bertz CT molecular complexity index is 560. The summed E-state index contributed by atoms with van der Waals surface area (Å²) in [6.45, 7) is 1.41. The van der Waals surface area contributed by atoms with Gasteiger partial charge >= 0.3 is 5.97 Å². The van der Waals surface area contributed by atoms with Crippen LogP contribution in [0.25, 0.3) is 0 Å². The fraction of sp³-hybridized carbons (Fsp3) is 0.467. The van der Waals surface area contributed by atoms with Gasteiger partial charge in [0.05, 0.1) is 19.3 Å². The minimum Gasteiger partial charge on any atom is -0.480 e. The Kier molecular flexibility index (Phi) is 3.90. The van der Waals surface area contributed by atoms with Crippen LogP contribution >= 0.6 is 0 Å². The number of nitrogens with zero attached hydrogens (tertiary/aromatic N) is 1. The minimum absolute atomic E-state index is 0.0599. The molecule has 2 aliphatic heterocycles. The summed E-state index contributed by atoms with van der Waals surface area (Å²) in [4.78, 5) is 25.3. The van der Waals surface area contributed by atoms with Gasteiger partial charge in [0.25, 0.3) is 0 Å². The van der Waals surface area contributed by atoms with Crippen LogP contribution in [0, 0.1) is 0 Å². The van der Waals surface area contributed by atoms with Crippen molar-refractivity contribution in [3.8, 4) is 0 Å². The summed E-state index contributed by atoms with van der Waals surface area (Å²) in [6, 6.07) is 6.75. The number of fused-ring (bicyclic) bond motifs is 1. The lowest BCUT2D eigenvalue weighted by molar-refractivity contribution is -0.159. The Balaban J connectivity index is 1.75. The van der Waals surface area contributed by atoms with Gasteiger partial charge in [0, 0.05) is 13.1 Å². The normalized spacial score (nSPS) is 25.2. The summed E-state index contributed by atoms with van der Waals surface area (Å²) in [5.74, 6) is -1.17. The van der Waals surface area contributed by atoms with Crippen LogP contribution in [0.4, 0.5) is 0 Å². The third kappa shape index (κ3) is 2.77. The van der Waals surface area contributed by atoms with Crippen molar-refractivity contribution in [2.45, 2.75) is 25.0 Å². The molecule has 6 heteroatoms. The molecule has 0 bridgehead atoms. The quantitative estimate of drug-likeness (QED) is 0.802. The minimum atomic E-state index is -1.01. The molecule has 6 nitrogen and oxygen atoms in total. The average Bonchev–Trinajstić information content (AvgIpc) is 2.53. The summed E-state index contributed by atoms with van der Waals surface area (Å²) in [5.41, 5.74) is 2.34. The van der Waals surface area contributed by atoms with Gasteiger partial charge in [0.15, 0.2) is 6.04 Å². The molecule has 2 atom stereocenters. The number of nitrogens with one attached hydrogen (secondary N) is 1. The standard InChI is InChI=1S/C15H18N2O4/c18-14(17-5-6-21-9-13(17)15(19)20)12-7-10-3-1-2-4-11(10)8-16-12/h1-4,12-13,16H,5-9H2,(H,19,20)/t12-,13?/m1/s1. The second-order valence-electron chi connectivity index (χ2n) is 5.37. The number of carbonyl (C=O) groups is 2. The van der Waals surface area contributed by atoms with Crippen LogP contribution in [0.3, 0.4) is 0 Å². The van der Waals surface area contributed by atoms with Gasteiger partial charge in [0.2, 0.25) is 5.91 Å². The second kappa shape index (κ2) is 5.83. The largest absolute Gasteiger partial charge is 0.480 e. The molecule has 0 spiro atoms. The van der Waals surface area contributed by atoms with Crippen LogP contribution in [-0.2, 0) is 27.3 Å². The molecular formula is C15H18N2O4. The highest BCUT2D eigenvalue weighted by molar-refractivity contribution is 5.87. The van der Waals surface area contributed by atoms with Gasteiger partial charge in [-0.3, -0.25) is 4.79 Å². The van der Waals surface area contributed by atoms with Gasteiger partial charge in [-0.25, -0.2) is 4.79 Å². The van der Waals surface area contributed by atoms with E-state index in [-0.39, 0.29) is 18.6 Å². The molecule has 0 aromatic heterocycles. The first-order valence-electron chi connectivity index (χ1n) is 7.08. The molecule has 112 valence electrons. The predicted molar refractivity (Wildman–Crippen MR) is 74.7 cm³/mol. The lowest BCUT2D eigenvalue weighted by atomic mass is 9.95. The van der Waals surface area contributed by atoms with E-state index in [1.54, 1.807) is 0 Å². The van der Waals surface area contributed by atoms with E-state index < -0.39 is 12.0 Å². The number of rotatable bonds is 2. The van der Waals surface area contributed by atoms with Crippen molar-refractivity contribution in [3.05, 3.63) is 35.4 Å². The van der Waals surface area contributed by atoms with Gasteiger partial charge in [-0.05, 0) is 17.5 Å². The molecule has 21 heavy (non-hydrogen) atoms. The number of hydrogen-bond acceptors (Lipinski definition) is 4. The fourth-order valence-corrected chi connectivity index (χ4v) is 2.90. The zero-order valence-electron chi connectivity index (χ0n) is 11.6. The lowest BCUT2D eigenvalue weighted by Gasteiger charge is -2.36. The number of carboxylic acids is 1. The molecule has 1 aromatic carbocycles. The zero-order valence-corrected chi connectivity index (χ0v) is 11.6. The van der Waals surface area contributed by atoms with Gasteiger partial charge in [-0.1, -0.05) is 24.3 Å². The third-order valence-corrected chi connectivity index (χ3v) is 4.08. The maximum absolute atomic E-state index is 12.6. The number of morpholine rings is 1. The molecule has 0 aliphatic carbocycles. The topological polar surface area (TPSA) is 78.9 Å². The van der Waals surface area contributed by atoms with E-state index in [0.717, 1.165) is 5.56 Å². The molecule has 1 fully saturated rings. The third-order valence-electron chi connectivity index (χ3n) is 4.08. The highest BCUT2D eigenvalue weighted by atomic mass is 16.5. The van der Waals surface area contributed by atoms with Crippen LogP contribution in [0.5, 0.6) is 0 Å². The number of aliphatic carboxylic acids is 1. The van der Waals surface area contributed by atoms with Gasteiger partial charge < -0.3 is 20.1 Å². The van der Waals surface area contributed by atoms with Crippen molar-refractivity contribution in [3.63, 3.8) is 0 Å². The SMILES string of the molecule is O=C(O)C1COCCN1C(=O)[C@H]1Cc2ccccc2CN1. The van der Waals surface area contributed by atoms with E-state index in [9.17, 15) is 14.7 Å². The molecule has 2 aliphatic rings. The molecule has 1 aromatic rings. The van der Waals surface area contributed by atoms with Crippen LogP contribution in [0.1, 0.15) is 11.1 Å². The number of carboxylic acid groups (broad SMARTS) is 1. The van der Waals surface area contributed by atoms with Crippen molar-refractivity contribution in [2.75, 3.05) is 19.8 Å². The first kappa shape index (κ1) is 14.0. The first-order valence-corrected chi connectivity index (χ1v) is 7.08. The Hall–Kier alpha value is -1.92. The van der Waals surface area contributed by atoms with E-state index in [1.807, 2.05) is 24.3 Å². The van der Waals surface area contributed by atoms with Gasteiger partial charge in [-0.2, -0.15) is 0 Å². The van der Waals surface area contributed by atoms with Crippen molar-refractivity contribution in [1.82, 2.24) is 10.2 Å². The Morgan fingerprint density at radius 1 is 1.29 bits per heavy atom. The molecule has 2 N–H and O–H groups in total.